The minimum atomic E-state index is -0.0423. The highest BCUT2D eigenvalue weighted by Crippen LogP contribution is 2.16. The molecule has 24 heavy (non-hydrogen) atoms. The van der Waals surface area contributed by atoms with Gasteiger partial charge in [-0.2, -0.15) is 0 Å². The summed E-state index contributed by atoms with van der Waals surface area (Å²) in [5.41, 5.74) is 2.45. The monoisotopic (exact) mass is 322 g/mol. The third-order valence-corrected chi connectivity index (χ3v) is 4.53. The Morgan fingerprint density at radius 1 is 0.958 bits per heavy atom. The summed E-state index contributed by atoms with van der Waals surface area (Å²) < 4.78 is 0. The highest BCUT2D eigenvalue weighted by molar-refractivity contribution is 5.96. The van der Waals surface area contributed by atoms with Gasteiger partial charge in [0.25, 0.3) is 11.8 Å². The molecule has 3 rings (SSSR count). The first-order valence-electron chi connectivity index (χ1n) is 8.36. The maximum absolute atomic E-state index is 12.6. The number of benzene rings is 2. The lowest BCUT2D eigenvalue weighted by Gasteiger charge is -2.32. The number of nitrogens with zero attached hydrogens (tertiary/aromatic N) is 1. The van der Waals surface area contributed by atoms with Crippen molar-refractivity contribution in [3.63, 3.8) is 0 Å². The van der Waals surface area contributed by atoms with Gasteiger partial charge in [0.1, 0.15) is 0 Å². The zero-order chi connectivity index (χ0) is 16.9. The van der Waals surface area contributed by atoms with Crippen LogP contribution in [0.15, 0.2) is 54.6 Å². The van der Waals surface area contributed by atoms with Crippen LogP contribution in [0.5, 0.6) is 0 Å². The molecule has 2 aromatic carbocycles. The molecule has 2 amide bonds. The smallest absolute Gasteiger partial charge is 0.254 e. The SMILES string of the molecule is Cc1ccccc1C(=O)N1CCC(NC(=O)c2ccccc2)CC1. The van der Waals surface area contributed by atoms with Crippen LogP contribution in [0.25, 0.3) is 0 Å². The van der Waals surface area contributed by atoms with E-state index in [4.69, 9.17) is 0 Å². The van der Waals surface area contributed by atoms with E-state index in [0.29, 0.717) is 18.7 Å². The molecule has 0 unspecified atom stereocenters. The van der Waals surface area contributed by atoms with Crippen LogP contribution < -0.4 is 5.32 Å². The number of hydrogen-bond donors (Lipinski definition) is 1. The van der Waals surface area contributed by atoms with Crippen LogP contribution in [0.4, 0.5) is 0 Å². The van der Waals surface area contributed by atoms with Gasteiger partial charge < -0.3 is 10.2 Å². The van der Waals surface area contributed by atoms with Gasteiger partial charge in [-0.05, 0) is 43.5 Å². The molecule has 0 aromatic heterocycles. The molecule has 1 N–H and O–H groups in total. The number of rotatable bonds is 3. The van der Waals surface area contributed by atoms with Crippen molar-refractivity contribution in [3.8, 4) is 0 Å². The molecule has 124 valence electrons. The van der Waals surface area contributed by atoms with Crippen molar-refractivity contribution < 1.29 is 9.59 Å². The Kier molecular flexibility index (Phi) is 4.94. The van der Waals surface area contributed by atoms with Gasteiger partial charge in [-0.3, -0.25) is 9.59 Å². The molecule has 4 nitrogen and oxygen atoms in total. The standard InChI is InChI=1S/C20H22N2O2/c1-15-7-5-6-10-18(15)20(24)22-13-11-17(12-14-22)21-19(23)16-8-3-2-4-9-16/h2-10,17H,11-14H2,1H3,(H,21,23). The first kappa shape index (κ1) is 16.2. The van der Waals surface area contributed by atoms with E-state index in [1.54, 1.807) is 0 Å². The largest absolute Gasteiger partial charge is 0.349 e. The molecule has 2 aromatic rings. The van der Waals surface area contributed by atoms with Crippen molar-refractivity contribution in [2.75, 3.05) is 13.1 Å². The normalized spacial score (nSPS) is 15.1. The molecule has 1 fully saturated rings. The molecule has 1 saturated heterocycles. The first-order valence-corrected chi connectivity index (χ1v) is 8.36. The zero-order valence-corrected chi connectivity index (χ0v) is 13.9. The summed E-state index contributed by atoms with van der Waals surface area (Å²) in [7, 11) is 0. The lowest BCUT2D eigenvalue weighted by molar-refractivity contribution is 0.0697. The third-order valence-electron chi connectivity index (χ3n) is 4.53. The van der Waals surface area contributed by atoms with Gasteiger partial charge in [-0.1, -0.05) is 36.4 Å². The molecule has 0 bridgehead atoms. The third kappa shape index (κ3) is 3.65. The average Bonchev–Trinajstić information content (AvgIpc) is 2.63. The molecular weight excluding hydrogens is 300 g/mol. The molecule has 0 spiro atoms. The lowest BCUT2D eigenvalue weighted by Crippen LogP contribution is -2.46. The van der Waals surface area contributed by atoms with Crippen molar-refractivity contribution in [2.24, 2.45) is 0 Å². The van der Waals surface area contributed by atoms with Gasteiger partial charge in [-0.15, -0.1) is 0 Å². The van der Waals surface area contributed by atoms with E-state index >= 15 is 0 Å². The Bertz CT molecular complexity index is 719. The van der Waals surface area contributed by atoms with Gasteiger partial charge in [0.15, 0.2) is 0 Å². The molecule has 0 radical (unpaired) electrons. The summed E-state index contributed by atoms with van der Waals surface area (Å²) in [6, 6.07) is 17.0. The van der Waals surface area contributed by atoms with E-state index in [-0.39, 0.29) is 17.9 Å². The van der Waals surface area contributed by atoms with Crippen LogP contribution in [-0.2, 0) is 0 Å². The second-order valence-electron chi connectivity index (χ2n) is 6.22. The van der Waals surface area contributed by atoms with Crippen molar-refractivity contribution >= 4 is 11.8 Å². The van der Waals surface area contributed by atoms with Crippen molar-refractivity contribution in [3.05, 3.63) is 71.3 Å². The number of hydrogen-bond acceptors (Lipinski definition) is 2. The van der Waals surface area contributed by atoms with Crippen molar-refractivity contribution in [2.45, 2.75) is 25.8 Å². The first-order chi connectivity index (χ1) is 11.6. The average molecular weight is 322 g/mol. The van der Waals surface area contributed by atoms with Gasteiger partial charge in [0, 0.05) is 30.3 Å². The van der Waals surface area contributed by atoms with E-state index in [0.717, 1.165) is 24.0 Å². The highest BCUT2D eigenvalue weighted by Gasteiger charge is 2.25. The molecule has 0 atom stereocenters. The maximum atomic E-state index is 12.6. The quantitative estimate of drug-likeness (QED) is 0.944. The number of aryl methyl sites for hydroxylation is 1. The fraction of sp³-hybridized carbons (Fsp3) is 0.300. The number of carbonyl (C=O) groups excluding carboxylic acids is 2. The fourth-order valence-electron chi connectivity index (χ4n) is 3.07. The maximum Gasteiger partial charge on any atom is 0.254 e. The summed E-state index contributed by atoms with van der Waals surface area (Å²) in [6.45, 7) is 3.31. The predicted molar refractivity (Wildman–Crippen MR) is 94.0 cm³/mol. The van der Waals surface area contributed by atoms with Crippen molar-refractivity contribution in [1.29, 1.82) is 0 Å². The van der Waals surface area contributed by atoms with Crippen LogP contribution in [0.1, 0.15) is 39.1 Å². The molecule has 1 aliphatic rings. The second-order valence-corrected chi connectivity index (χ2v) is 6.22. The van der Waals surface area contributed by atoms with Gasteiger partial charge in [-0.25, -0.2) is 0 Å². The molecule has 1 heterocycles. The Balaban J connectivity index is 1.55. The van der Waals surface area contributed by atoms with Gasteiger partial charge >= 0.3 is 0 Å². The minimum Gasteiger partial charge on any atom is -0.349 e. The topological polar surface area (TPSA) is 49.4 Å². The van der Waals surface area contributed by atoms with E-state index in [9.17, 15) is 9.59 Å². The van der Waals surface area contributed by atoms with Crippen LogP contribution >= 0.6 is 0 Å². The number of carbonyl (C=O) groups is 2. The number of likely N-dealkylation sites (tertiary alicyclic amines) is 1. The Labute approximate surface area is 142 Å². The molecular formula is C20H22N2O2. The molecule has 0 aliphatic carbocycles. The van der Waals surface area contributed by atoms with E-state index in [1.165, 1.54) is 0 Å². The Hall–Kier alpha value is -2.62. The number of amides is 2. The van der Waals surface area contributed by atoms with E-state index < -0.39 is 0 Å². The summed E-state index contributed by atoms with van der Waals surface area (Å²) in [4.78, 5) is 26.7. The van der Waals surface area contributed by atoms with Crippen LogP contribution in [0, 0.1) is 6.92 Å². The minimum absolute atomic E-state index is 0.0423. The van der Waals surface area contributed by atoms with Crippen LogP contribution in [0.3, 0.4) is 0 Å². The second kappa shape index (κ2) is 7.30. The summed E-state index contributed by atoms with van der Waals surface area (Å²) in [5, 5.41) is 3.07. The van der Waals surface area contributed by atoms with E-state index in [2.05, 4.69) is 5.32 Å². The molecule has 4 heteroatoms. The van der Waals surface area contributed by atoms with Gasteiger partial charge in [0.05, 0.1) is 0 Å². The number of piperidine rings is 1. The Morgan fingerprint density at radius 3 is 2.25 bits per heavy atom. The van der Waals surface area contributed by atoms with Gasteiger partial charge in [0.2, 0.25) is 0 Å². The van der Waals surface area contributed by atoms with Crippen LogP contribution in [0.2, 0.25) is 0 Å². The zero-order valence-electron chi connectivity index (χ0n) is 13.9. The van der Waals surface area contributed by atoms with Crippen molar-refractivity contribution in [1.82, 2.24) is 10.2 Å². The molecule has 1 aliphatic heterocycles. The summed E-state index contributed by atoms with van der Waals surface area (Å²) in [6.07, 6.45) is 1.58. The fourth-order valence-corrected chi connectivity index (χ4v) is 3.07. The summed E-state index contributed by atoms with van der Waals surface area (Å²) >= 11 is 0. The Morgan fingerprint density at radius 2 is 1.58 bits per heavy atom. The predicted octanol–water partition coefficient (Wildman–Crippen LogP) is 3.03. The van der Waals surface area contributed by atoms with E-state index in [1.807, 2.05) is 66.4 Å². The lowest BCUT2D eigenvalue weighted by atomic mass is 10.0. The number of nitrogens with one attached hydrogen (secondary N) is 1. The van der Waals surface area contributed by atoms with Crippen LogP contribution in [-0.4, -0.2) is 35.8 Å². The molecule has 0 saturated carbocycles. The highest BCUT2D eigenvalue weighted by atomic mass is 16.2. The summed E-state index contributed by atoms with van der Waals surface area (Å²) in [5.74, 6) is 0.0419.